The Kier molecular flexibility index (Phi) is 6.32. The van der Waals surface area contributed by atoms with Gasteiger partial charge in [-0.2, -0.15) is 14.0 Å². The van der Waals surface area contributed by atoms with Crippen LogP contribution in [0.4, 0.5) is 14.5 Å². The molecule has 0 aliphatic carbocycles. The van der Waals surface area contributed by atoms with E-state index in [2.05, 4.69) is 5.32 Å². The number of carbonyl (C=O) groups is 2. The van der Waals surface area contributed by atoms with Gasteiger partial charge in [0.15, 0.2) is 11.7 Å². The number of benzene rings is 1. The number of nitrogens with one attached hydrogen (secondary N) is 1. The average Bonchev–Trinajstić information content (AvgIpc) is 2.57. The maximum atomic E-state index is 12.3. The molecule has 1 atom stereocenters. The zero-order valence-electron chi connectivity index (χ0n) is 12.5. The first kappa shape index (κ1) is 17.9. The number of anilines is 1. The van der Waals surface area contributed by atoms with E-state index in [1.807, 2.05) is 0 Å². The van der Waals surface area contributed by atoms with E-state index < -0.39 is 23.4 Å². The number of halogens is 2. The van der Waals surface area contributed by atoms with E-state index in [4.69, 9.17) is 10.00 Å². The van der Waals surface area contributed by atoms with Crippen molar-refractivity contribution >= 4 is 29.1 Å². The minimum atomic E-state index is -2.53. The minimum Gasteiger partial charge on any atom is -0.501 e. The molecule has 126 valence electrons. The van der Waals surface area contributed by atoms with Crippen LogP contribution in [0.5, 0.6) is 0 Å². The lowest BCUT2D eigenvalue weighted by atomic mass is 9.95. The van der Waals surface area contributed by atoms with Gasteiger partial charge in [0.2, 0.25) is 5.91 Å². The number of rotatable bonds is 6. The van der Waals surface area contributed by atoms with Crippen LogP contribution in [0.1, 0.15) is 12.8 Å². The van der Waals surface area contributed by atoms with Gasteiger partial charge in [0, 0.05) is 16.2 Å². The fourth-order valence-electron chi connectivity index (χ4n) is 2.10. The van der Waals surface area contributed by atoms with Crippen LogP contribution < -0.4 is 5.32 Å². The van der Waals surface area contributed by atoms with Gasteiger partial charge in [-0.3, -0.25) is 9.59 Å². The van der Waals surface area contributed by atoms with E-state index in [0.717, 1.165) is 0 Å². The monoisotopic (exact) mass is 352 g/mol. The van der Waals surface area contributed by atoms with E-state index in [-0.39, 0.29) is 0 Å². The second-order valence-corrected chi connectivity index (χ2v) is 6.00. The summed E-state index contributed by atoms with van der Waals surface area (Å²) in [5.41, 5.74) is 0.632. The van der Waals surface area contributed by atoms with E-state index >= 15 is 0 Å². The summed E-state index contributed by atoms with van der Waals surface area (Å²) in [6.07, 6.45) is 2.41. The van der Waals surface area contributed by atoms with Gasteiger partial charge in [-0.25, -0.2) is 0 Å². The van der Waals surface area contributed by atoms with Crippen molar-refractivity contribution in [2.75, 3.05) is 11.9 Å². The molecule has 1 aliphatic rings. The van der Waals surface area contributed by atoms with Gasteiger partial charge in [-0.1, -0.05) is 11.8 Å². The van der Waals surface area contributed by atoms with E-state index in [1.54, 1.807) is 6.07 Å². The number of amides is 1. The molecule has 1 aliphatic heterocycles. The van der Waals surface area contributed by atoms with Gasteiger partial charge in [0.1, 0.15) is 0 Å². The highest BCUT2D eigenvalue weighted by Gasteiger charge is 2.30. The van der Waals surface area contributed by atoms with Crippen molar-refractivity contribution in [2.45, 2.75) is 23.5 Å². The predicted molar refractivity (Wildman–Crippen MR) is 84.3 cm³/mol. The maximum absolute atomic E-state index is 12.3. The molecule has 1 amide bonds. The lowest BCUT2D eigenvalue weighted by molar-refractivity contribution is -0.127. The van der Waals surface area contributed by atoms with Crippen molar-refractivity contribution < 1.29 is 23.1 Å². The van der Waals surface area contributed by atoms with Crippen molar-refractivity contribution in [3.8, 4) is 6.07 Å². The lowest BCUT2D eigenvalue weighted by Gasteiger charge is -2.15. The molecule has 0 unspecified atom stereocenters. The normalized spacial score (nSPS) is 15.0. The molecular formula is C16H14F2N2O3S. The molecule has 1 aromatic carbocycles. The summed E-state index contributed by atoms with van der Waals surface area (Å²) >= 11 is 0.387. The smallest absolute Gasteiger partial charge is 0.288 e. The van der Waals surface area contributed by atoms with Crippen LogP contribution in [0.2, 0.25) is 0 Å². The number of Topliss-reactive ketones (excluding diaryl/α,β-unsaturated/α-hetero) is 1. The molecule has 0 fully saturated rings. The first-order valence-corrected chi connectivity index (χ1v) is 7.99. The van der Waals surface area contributed by atoms with Gasteiger partial charge in [0.25, 0.3) is 5.76 Å². The van der Waals surface area contributed by atoms with E-state index in [0.29, 0.717) is 47.4 Å². The first-order chi connectivity index (χ1) is 11.5. The number of carbonyl (C=O) groups excluding carboxylic acids is 2. The fraction of sp³-hybridized carbons (Fsp3) is 0.312. The molecular weight excluding hydrogens is 338 g/mol. The summed E-state index contributed by atoms with van der Waals surface area (Å²) in [6.45, 7) is 0.503. The number of nitrogens with zero attached hydrogens (tertiary/aromatic N) is 1. The molecule has 1 N–H and O–H groups in total. The van der Waals surface area contributed by atoms with Crippen molar-refractivity contribution in [3.05, 3.63) is 36.1 Å². The van der Waals surface area contributed by atoms with Gasteiger partial charge in [0.05, 0.1) is 18.9 Å². The molecule has 0 bridgehead atoms. The number of allylic oxidation sites excluding steroid dienone is 1. The first-order valence-electron chi connectivity index (χ1n) is 7.11. The van der Waals surface area contributed by atoms with Gasteiger partial charge < -0.3 is 10.1 Å². The number of alkyl halides is 2. The Morgan fingerprint density at radius 3 is 2.54 bits per heavy atom. The summed E-state index contributed by atoms with van der Waals surface area (Å²) in [7, 11) is 0. The Morgan fingerprint density at radius 2 is 2.00 bits per heavy atom. The van der Waals surface area contributed by atoms with Gasteiger partial charge >= 0.3 is 0 Å². The Hall–Kier alpha value is -2.40. The molecule has 1 aromatic rings. The van der Waals surface area contributed by atoms with Crippen LogP contribution in [0, 0.1) is 17.2 Å². The number of hydrogen-bond donors (Lipinski definition) is 1. The highest BCUT2D eigenvalue weighted by atomic mass is 32.2. The molecule has 24 heavy (non-hydrogen) atoms. The third-order valence-electron chi connectivity index (χ3n) is 3.25. The fourth-order valence-corrected chi connectivity index (χ4v) is 2.60. The number of ketones is 1. The molecule has 2 rings (SSSR count). The summed E-state index contributed by atoms with van der Waals surface area (Å²) in [5.74, 6) is -5.35. The van der Waals surface area contributed by atoms with Crippen LogP contribution in [0.15, 0.2) is 41.0 Å². The Balaban J connectivity index is 2.02. The van der Waals surface area contributed by atoms with Crippen molar-refractivity contribution in [1.82, 2.24) is 0 Å². The van der Waals surface area contributed by atoms with Crippen LogP contribution >= 0.6 is 11.8 Å². The highest BCUT2D eigenvalue weighted by molar-refractivity contribution is 7.99. The Labute approximate surface area is 141 Å². The number of thioether (sulfide) groups is 1. The van der Waals surface area contributed by atoms with Gasteiger partial charge in [-0.15, -0.1) is 0 Å². The third-order valence-corrected chi connectivity index (χ3v) is 3.97. The average molecular weight is 352 g/mol. The molecule has 0 spiro atoms. The van der Waals surface area contributed by atoms with Crippen molar-refractivity contribution in [1.29, 1.82) is 5.26 Å². The number of nitriles is 1. The van der Waals surface area contributed by atoms with Crippen LogP contribution in [0.25, 0.3) is 0 Å². The standard InChI is InChI=1S/C16H14F2N2O3S/c17-16(18)24-12-5-3-11(4-6-12)20-15(22)13(8-19)14(21)10-2-1-7-23-9-10/h3-6,9,13,16H,1-2,7H2,(H,20,22)/t13-/m1/s1. The molecule has 0 aromatic heterocycles. The lowest BCUT2D eigenvalue weighted by Crippen LogP contribution is -2.30. The summed E-state index contributed by atoms with van der Waals surface area (Å²) in [6, 6.07) is 7.41. The minimum absolute atomic E-state index is 0.312. The molecule has 1 heterocycles. The molecule has 0 saturated heterocycles. The molecule has 0 saturated carbocycles. The zero-order chi connectivity index (χ0) is 17.5. The largest absolute Gasteiger partial charge is 0.501 e. The topological polar surface area (TPSA) is 79.2 Å². The molecule has 8 heteroatoms. The zero-order valence-corrected chi connectivity index (χ0v) is 13.3. The van der Waals surface area contributed by atoms with Gasteiger partial charge in [-0.05, 0) is 37.1 Å². The second-order valence-electron chi connectivity index (χ2n) is 4.94. The van der Waals surface area contributed by atoms with Crippen molar-refractivity contribution in [2.24, 2.45) is 5.92 Å². The Bertz CT molecular complexity index is 684. The second kappa shape index (κ2) is 8.45. The van der Waals surface area contributed by atoms with Crippen molar-refractivity contribution in [3.63, 3.8) is 0 Å². The quantitative estimate of drug-likeness (QED) is 0.627. The van der Waals surface area contributed by atoms with Crippen LogP contribution in [0.3, 0.4) is 0 Å². The molecule has 5 nitrogen and oxygen atoms in total. The van der Waals surface area contributed by atoms with Crippen LogP contribution in [-0.4, -0.2) is 24.1 Å². The number of hydrogen-bond acceptors (Lipinski definition) is 5. The molecule has 0 radical (unpaired) electrons. The predicted octanol–water partition coefficient (Wildman–Crippen LogP) is 3.34. The van der Waals surface area contributed by atoms with E-state index in [1.165, 1.54) is 30.5 Å². The highest BCUT2D eigenvalue weighted by Crippen LogP contribution is 2.26. The maximum Gasteiger partial charge on any atom is 0.288 e. The SMILES string of the molecule is N#C[C@@H](C(=O)Nc1ccc(SC(F)F)cc1)C(=O)C1=COCCC1. The summed E-state index contributed by atoms with van der Waals surface area (Å²) < 4.78 is 29.6. The van der Waals surface area contributed by atoms with E-state index in [9.17, 15) is 18.4 Å². The van der Waals surface area contributed by atoms with Crippen LogP contribution in [-0.2, 0) is 14.3 Å². The summed E-state index contributed by atoms with van der Waals surface area (Å²) in [4.78, 5) is 24.7. The third kappa shape index (κ3) is 4.80. The summed E-state index contributed by atoms with van der Waals surface area (Å²) in [5, 5.41) is 11.6. The number of ether oxygens (including phenoxy) is 1. The Morgan fingerprint density at radius 1 is 1.29 bits per heavy atom.